The molecule has 1 aromatic heterocycles. The Morgan fingerprint density at radius 3 is 2.19 bits per heavy atom. The average Bonchev–Trinajstić information content (AvgIpc) is 3.39. The molecular weight excluding hydrogens is 448 g/mol. The van der Waals surface area contributed by atoms with Crippen LogP contribution in [0.1, 0.15) is 62.2 Å². The number of nitrogens with zero attached hydrogens (tertiary/aromatic N) is 3. The van der Waals surface area contributed by atoms with E-state index in [0.717, 1.165) is 36.9 Å². The van der Waals surface area contributed by atoms with E-state index in [2.05, 4.69) is 12.2 Å². The molecule has 1 saturated heterocycles. The molecule has 2 amide bonds. The highest BCUT2D eigenvalue weighted by Crippen LogP contribution is 2.30. The third-order valence-corrected chi connectivity index (χ3v) is 7.91. The number of aromatic nitrogens is 2. The third kappa shape index (κ3) is 5.38. The largest absolute Gasteiger partial charge is 0.353 e. The van der Waals surface area contributed by atoms with Crippen molar-refractivity contribution in [3.63, 3.8) is 0 Å². The number of para-hydroxylation sites is 1. The van der Waals surface area contributed by atoms with E-state index >= 15 is 0 Å². The topological polar surface area (TPSA) is 67.2 Å². The Labute approximate surface area is 213 Å². The molecular formula is C30H36N4O2. The van der Waals surface area contributed by atoms with Gasteiger partial charge >= 0.3 is 0 Å². The Kier molecular flexibility index (Phi) is 7.49. The second-order valence-electron chi connectivity index (χ2n) is 10.3. The summed E-state index contributed by atoms with van der Waals surface area (Å²) in [6.45, 7) is 3.38. The van der Waals surface area contributed by atoms with Crippen molar-refractivity contribution in [2.24, 2.45) is 11.8 Å². The van der Waals surface area contributed by atoms with Gasteiger partial charge in [-0.25, -0.2) is 4.68 Å². The maximum absolute atomic E-state index is 13.7. The molecule has 2 aromatic carbocycles. The van der Waals surface area contributed by atoms with E-state index in [-0.39, 0.29) is 17.7 Å². The van der Waals surface area contributed by atoms with Crippen molar-refractivity contribution in [2.75, 3.05) is 13.1 Å². The molecule has 188 valence electrons. The van der Waals surface area contributed by atoms with Crippen LogP contribution in [0, 0.1) is 11.8 Å². The van der Waals surface area contributed by atoms with Crippen LogP contribution in [-0.4, -0.2) is 45.6 Å². The van der Waals surface area contributed by atoms with Gasteiger partial charge < -0.3 is 10.2 Å². The number of rotatable bonds is 6. The number of carbonyl (C=O) groups excluding carboxylic acids is 2. The van der Waals surface area contributed by atoms with E-state index in [1.54, 1.807) is 4.68 Å². The first-order valence-corrected chi connectivity index (χ1v) is 13.4. The molecule has 3 aromatic rings. The fourth-order valence-electron chi connectivity index (χ4n) is 5.62. The van der Waals surface area contributed by atoms with E-state index in [9.17, 15) is 9.59 Å². The summed E-state index contributed by atoms with van der Waals surface area (Å²) < 4.78 is 1.79. The van der Waals surface area contributed by atoms with Gasteiger partial charge in [0.2, 0.25) is 5.91 Å². The smallest absolute Gasteiger partial charge is 0.257 e. The summed E-state index contributed by atoms with van der Waals surface area (Å²) in [5.74, 6) is 0.471. The molecule has 6 nitrogen and oxygen atoms in total. The molecule has 1 atom stereocenters. The minimum Gasteiger partial charge on any atom is -0.353 e. The molecule has 5 rings (SSSR count). The van der Waals surface area contributed by atoms with Gasteiger partial charge in [0.15, 0.2) is 0 Å². The number of benzene rings is 2. The molecule has 2 aliphatic rings. The molecule has 1 saturated carbocycles. The van der Waals surface area contributed by atoms with Crippen LogP contribution in [0.25, 0.3) is 16.9 Å². The number of hydrogen-bond donors (Lipinski definition) is 1. The molecule has 1 aliphatic heterocycles. The zero-order valence-electron chi connectivity index (χ0n) is 21.1. The highest BCUT2D eigenvalue weighted by molar-refractivity contribution is 6.00. The third-order valence-electron chi connectivity index (χ3n) is 7.91. The van der Waals surface area contributed by atoms with Crippen LogP contribution < -0.4 is 5.32 Å². The predicted molar refractivity (Wildman–Crippen MR) is 142 cm³/mol. The van der Waals surface area contributed by atoms with Gasteiger partial charge in [0.25, 0.3) is 5.91 Å². The highest BCUT2D eigenvalue weighted by atomic mass is 16.2. The quantitative estimate of drug-likeness (QED) is 0.504. The second kappa shape index (κ2) is 11.1. The molecule has 6 heteroatoms. The Morgan fingerprint density at radius 2 is 1.53 bits per heavy atom. The Morgan fingerprint density at radius 1 is 0.889 bits per heavy atom. The van der Waals surface area contributed by atoms with E-state index in [1.165, 1.54) is 19.3 Å². The second-order valence-corrected chi connectivity index (χ2v) is 10.3. The minimum atomic E-state index is -0.0233. The van der Waals surface area contributed by atoms with Crippen molar-refractivity contribution in [2.45, 2.75) is 57.9 Å². The average molecular weight is 485 g/mol. The summed E-state index contributed by atoms with van der Waals surface area (Å²) in [5, 5.41) is 8.09. The molecule has 36 heavy (non-hydrogen) atoms. The molecule has 0 spiro atoms. The van der Waals surface area contributed by atoms with Crippen LogP contribution in [0.2, 0.25) is 0 Å². The molecule has 0 radical (unpaired) electrons. The lowest BCUT2D eigenvalue weighted by Gasteiger charge is -2.35. The normalized spacial score (nSPS) is 18.1. The van der Waals surface area contributed by atoms with Crippen LogP contribution >= 0.6 is 0 Å². The Hall–Kier alpha value is -3.41. The first kappa shape index (κ1) is 24.3. The zero-order chi connectivity index (χ0) is 24.9. The summed E-state index contributed by atoms with van der Waals surface area (Å²) in [7, 11) is 0. The van der Waals surface area contributed by atoms with Crippen molar-refractivity contribution in [1.82, 2.24) is 20.0 Å². The van der Waals surface area contributed by atoms with Crippen LogP contribution in [0.4, 0.5) is 0 Å². The van der Waals surface area contributed by atoms with Crippen molar-refractivity contribution < 1.29 is 9.59 Å². The lowest BCUT2D eigenvalue weighted by Crippen LogP contribution is -2.45. The first-order chi connectivity index (χ1) is 17.6. The first-order valence-electron chi connectivity index (χ1n) is 13.4. The number of hydrogen-bond acceptors (Lipinski definition) is 3. The lowest BCUT2D eigenvalue weighted by atomic mass is 9.84. The van der Waals surface area contributed by atoms with Crippen molar-refractivity contribution >= 4 is 11.8 Å². The molecule has 1 N–H and O–H groups in total. The summed E-state index contributed by atoms with van der Waals surface area (Å²) in [6, 6.07) is 20.1. The monoisotopic (exact) mass is 484 g/mol. The van der Waals surface area contributed by atoms with E-state index in [4.69, 9.17) is 5.10 Å². The Balaban J connectivity index is 1.28. The van der Waals surface area contributed by atoms with Gasteiger partial charge in [-0.1, -0.05) is 74.7 Å². The molecule has 1 aliphatic carbocycles. The van der Waals surface area contributed by atoms with Crippen LogP contribution in [0.15, 0.2) is 66.9 Å². The van der Waals surface area contributed by atoms with Crippen molar-refractivity contribution in [3.8, 4) is 16.9 Å². The van der Waals surface area contributed by atoms with Gasteiger partial charge in [-0.05, 0) is 43.7 Å². The molecule has 2 heterocycles. The number of likely N-dealkylation sites (tertiary alicyclic amines) is 1. The van der Waals surface area contributed by atoms with Gasteiger partial charge in [-0.15, -0.1) is 0 Å². The van der Waals surface area contributed by atoms with Crippen LogP contribution in [0.3, 0.4) is 0 Å². The number of piperidine rings is 1. The van der Waals surface area contributed by atoms with Crippen molar-refractivity contribution in [1.29, 1.82) is 0 Å². The SMILES string of the molecule is CC(C(=O)NC1CCCCC1)C1CCN(C(=O)c2cn(-c3ccccc3)nc2-c2ccccc2)CC1. The number of amides is 2. The molecule has 2 fully saturated rings. The van der Waals surface area contributed by atoms with Gasteiger partial charge in [0.05, 0.1) is 11.3 Å². The van der Waals surface area contributed by atoms with Gasteiger partial charge in [0.1, 0.15) is 5.69 Å². The summed E-state index contributed by atoms with van der Waals surface area (Å²) >= 11 is 0. The summed E-state index contributed by atoms with van der Waals surface area (Å²) in [6.07, 6.45) is 9.46. The van der Waals surface area contributed by atoms with Crippen molar-refractivity contribution in [3.05, 3.63) is 72.4 Å². The van der Waals surface area contributed by atoms with Gasteiger partial charge in [0, 0.05) is 36.8 Å². The van der Waals surface area contributed by atoms with E-state index in [1.807, 2.05) is 71.8 Å². The number of carbonyl (C=O) groups is 2. The van der Waals surface area contributed by atoms with E-state index < -0.39 is 0 Å². The fourth-order valence-corrected chi connectivity index (χ4v) is 5.62. The number of nitrogens with one attached hydrogen (secondary N) is 1. The van der Waals surface area contributed by atoms with Gasteiger partial charge in [-0.3, -0.25) is 9.59 Å². The Bertz CT molecular complexity index is 1160. The lowest BCUT2D eigenvalue weighted by molar-refractivity contribution is -0.127. The van der Waals surface area contributed by atoms with Crippen LogP contribution in [-0.2, 0) is 4.79 Å². The maximum atomic E-state index is 13.7. The zero-order valence-corrected chi connectivity index (χ0v) is 21.1. The maximum Gasteiger partial charge on any atom is 0.257 e. The summed E-state index contributed by atoms with van der Waals surface area (Å²) in [4.78, 5) is 28.5. The predicted octanol–water partition coefficient (Wildman–Crippen LogP) is 5.48. The van der Waals surface area contributed by atoms with E-state index in [0.29, 0.717) is 36.3 Å². The highest BCUT2D eigenvalue weighted by Gasteiger charge is 2.32. The molecule has 0 bridgehead atoms. The standard InChI is InChI=1S/C30H36N4O2/c1-22(29(35)31-25-13-7-3-8-14-25)23-17-19-33(20-18-23)30(36)27-21-34(26-15-9-4-10-16-26)32-28(27)24-11-5-2-6-12-24/h2,4-6,9-12,15-16,21-23,25H,3,7-8,13-14,17-20H2,1H3,(H,31,35). The minimum absolute atomic E-state index is 0.00814. The van der Waals surface area contributed by atoms with Crippen LogP contribution in [0.5, 0.6) is 0 Å². The molecule has 1 unspecified atom stereocenters. The summed E-state index contributed by atoms with van der Waals surface area (Å²) in [5.41, 5.74) is 3.17. The van der Waals surface area contributed by atoms with Gasteiger partial charge in [-0.2, -0.15) is 5.10 Å². The fraction of sp³-hybridized carbons (Fsp3) is 0.433.